The summed E-state index contributed by atoms with van der Waals surface area (Å²) in [7, 11) is 0. The molecule has 1 aromatic heterocycles. The summed E-state index contributed by atoms with van der Waals surface area (Å²) < 4.78 is 0. The number of hydrogen-bond acceptors (Lipinski definition) is 3. The molecule has 1 aromatic rings. The number of aryl methyl sites for hydroxylation is 2. The van der Waals surface area contributed by atoms with Crippen LogP contribution in [0.2, 0.25) is 0 Å². The molecule has 0 spiro atoms. The van der Waals surface area contributed by atoms with Gasteiger partial charge in [-0.1, -0.05) is 13.8 Å². The molecule has 1 rings (SSSR count). The first-order valence-corrected chi connectivity index (χ1v) is 5.87. The fourth-order valence-corrected chi connectivity index (χ4v) is 1.51. The lowest BCUT2D eigenvalue weighted by atomic mass is 10.1. The summed E-state index contributed by atoms with van der Waals surface area (Å²) in [4.78, 5) is 11.7. The fourth-order valence-electron chi connectivity index (χ4n) is 1.51. The van der Waals surface area contributed by atoms with E-state index >= 15 is 0 Å². The molecule has 0 bridgehead atoms. The number of nitrogens with one attached hydrogen (secondary N) is 2. The van der Waals surface area contributed by atoms with E-state index in [0.717, 1.165) is 17.0 Å². The van der Waals surface area contributed by atoms with Crippen LogP contribution in [0.5, 0.6) is 0 Å². The number of aliphatic hydroxyl groups excluding tert-OH is 1. The van der Waals surface area contributed by atoms with Crippen molar-refractivity contribution >= 4 is 5.91 Å². The molecule has 0 radical (unpaired) electrons. The molecular weight excluding hydrogens is 218 g/mol. The quantitative estimate of drug-likeness (QED) is 0.708. The molecule has 0 aliphatic carbocycles. The van der Waals surface area contributed by atoms with E-state index < -0.39 is 6.10 Å². The Morgan fingerprint density at radius 2 is 2.12 bits per heavy atom. The topological polar surface area (TPSA) is 78.0 Å². The number of aliphatic hydroxyl groups is 1. The molecule has 1 atom stereocenters. The Morgan fingerprint density at radius 1 is 1.47 bits per heavy atom. The van der Waals surface area contributed by atoms with Crippen LogP contribution in [-0.2, 0) is 11.2 Å². The summed E-state index contributed by atoms with van der Waals surface area (Å²) in [5, 5.41) is 19.2. The second-order valence-corrected chi connectivity index (χ2v) is 4.70. The van der Waals surface area contributed by atoms with E-state index in [-0.39, 0.29) is 11.8 Å². The molecule has 0 saturated heterocycles. The van der Waals surface area contributed by atoms with E-state index in [2.05, 4.69) is 15.5 Å². The molecule has 0 aliphatic rings. The van der Waals surface area contributed by atoms with Crippen molar-refractivity contribution in [2.75, 3.05) is 6.54 Å². The molecular formula is C12H21N3O2. The van der Waals surface area contributed by atoms with Gasteiger partial charge in [0.15, 0.2) is 0 Å². The molecule has 0 aromatic carbocycles. The molecule has 1 heterocycles. The van der Waals surface area contributed by atoms with Gasteiger partial charge in [0.05, 0.1) is 18.2 Å². The van der Waals surface area contributed by atoms with Crippen molar-refractivity contribution in [3.05, 3.63) is 17.0 Å². The van der Waals surface area contributed by atoms with Gasteiger partial charge in [0.2, 0.25) is 5.91 Å². The van der Waals surface area contributed by atoms with Gasteiger partial charge in [-0.15, -0.1) is 0 Å². The second kappa shape index (κ2) is 5.82. The van der Waals surface area contributed by atoms with Crippen LogP contribution in [0.4, 0.5) is 0 Å². The molecule has 5 nitrogen and oxygen atoms in total. The van der Waals surface area contributed by atoms with E-state index in [4.69, 9.17) is 0 Å². The van der Waals surface area contributed by atoms with Crippen molar-refractivity contribution < 1.29 is 9.90 Å². The monoisotopic (exact) mass is 239 g/mol. The number of carbonyl (C=O) groups is 1. The highest BCUT2D eigenvalue weighted by atomic mass is 16.3. The standard InChI is InChI=1S/C12H21N3O2/c1-7(2)11(16)6-13-12(17)5-10-8(3)14-15-9(10)4/h7,11,16H,5-6H2,1-4H3,(H,13,17)(H,14,15). The Labute approximate surface area is 102 Å². The number of hydrogen-bond donors (Lipinski definition) is 3. The number of amides is 1. The maximum atomic E-state index is 11.7. The number of aromatic amines is 1. The van der Waals surface area contributed by atoms with Gasteiger partial charge in [0.25, 0.3) is 0 Å². The van der Waals surface area contributed by atoms with Gasteiger partial charge in [0.1, 0.15) is 0 Å². The summed E-state index contributed by atoms with van der Waals surface area (Å²) in [6.07, 6.45) is -0.190. The minimum atomic E-state index is -0.495. The molecule has 96 valence electrons. The zero-order chi connectivity index (χ0) is 13.0. The van der Waals surface area contributed by atoms with Gasteiger partial charge >= 0.3 is 0 Å². The van der Waals surface area contributed by atoms with E-state index in [1.54, 1.807) is 0 Å². The van der Waals surface area contributed by atoms with E-state index in [0.29, 0.717) is 13.0 Å². The van der Waals surface area contributed by atoms with Gasteiger partial charge in [-0.2, -0.15) is 5.10 Å². The third-order valence-corrected chi connectivity index (χ3v) is 2.90. The molecule has 0 aliphatic heterocycles. The van der Waals surface area contributed by atoms with E-state index in [1.807, 2.05) is 27.7 Å². The summed E-state index contributed by atoms with van der Waals surface area (Å²) in [6.45, 7) is 7.90. The number of rotatable bonds is 5. The lowest BCUT2D eigenvalue weighted by Crippen LogP contribution is -2.35. The van der Waals surface area contributed by atoms with Crippen LogP contribution < -0.4 is 5.32 Å². The minimum Gasteiger partial charge on any atom is -0.391 e. The first kappa shape index (κ1) is 13.7. The third kappa shape index (κ3) is 3.85. The SMILES string of the molecule is Cc1n[nH]c(C)c1CC(=O)NCC(O)C(C)C. The van der Waals surface area contributed by atoms with Crippen LogP contribution in [-0.4, -0.2) is 33.9 Å². The molecule has 3 N–H and O–H groups in total. The lowest BCUT2D eigenvalue weighted by Gasteiger charge is -2.15. The highest BCUT2D eigenvalue weighted by molar-refractivity contribution is 5.79. The molecule has 1 unspecified atom stereocenters. The Bertz CT molecular complexity index is 366. The normalized spacial score (nSPS) is 12.8. The zero-order valence-corrected chi connectivity index (χ0v) is 10.9. The molecule has 5 heteroatoms. The Hall–Kier alpha value is -1.36. The number of aromatic nitrogens is 2. The van der Waals surface area contributed by atoms with Crippen LogP contribution in [0.3, 0.4) is 0 Å². The first-order valence-electron chi connectivity index (χ1n) is 5.87. The van der Waals surface area contributed by atoms with Crippen molar-refractivity contribution in [1.29, 1.82) is 0 Å². The van der Waals surface area contributed by atoms with Gasteiger partial charge in [-0.05, 0) is 19.8 Å². The highest BCUT2D eigenvalue weighted by Gasteiger charge is 2.14. The van der Waals surface area contributed by atoms with Crippen molar-refractivity contribution in [2.24, 2.45) is 5.92 Å². The van der Waals surface area contributed by atoms with Crippen LogP contribution in [0.1, 0.15) is 30.8 Å². The second-order valence-electron chi connectivity index (χ2n) is 4.70. The average Bonchev–Trinajstić information content (AvgIpc) is 2.57. The van der Waals surface area contributed by atoms with Crippen molar-refractivity contribution in [2.45, 2.75) is 40.2 Å². The van der Waals surface area contributed by atoms with Gasteiger partial charge < -0.3 is 10.4 Å². The molecule has 0 saturated carbocycles. The van der Waals surface area contributed by atoms with Gasteiger partial charge in [-0.25, -0.2) is 0 Å². The Balaban J connectivity index is 2.45. The summed E-state index contributed by atoms with van der Waals surface area (Å²) in [5.74, 6) is 0.0602. The summed E-state index contributed by atoms with van der Waals surface area (Å²) in [5.41, 5.74) is 2.70. The van der Waals surface area contributed by atoms with Crippen LogP contribution in [0.25, 0.3) is 0 Å². The van der Waals surface area contributed by atoms with E-state index in [1.165, 1.54) is 0 Å². The molecule has 17 heavy (non-hydrogen) atoms. The van der Waals surface area contributed by atoms with E-state index in [9.17, 15) is 9.90 Å². The number of carbonyl (C=O) groups excluding carboxylic acids is 1. The molecule has 0 fully saturated rings. The van der Waals surface area contributed by atoms with Crippen molar-refractivity contribution in [1.82, 2.24) is 15.5 Å². The lowest BCUT2D eigenvalue weighted by molar-refractivity contribution is -0.121. The van der Waals surface area contributed by atoms with Gasteiger partial charge in [0, 0.05) is 17.8 Å². The smallest absolute Gasteiger partial charge is 0.224 e. The first-order chi connectivity index (χ1) is 7.91. The Kier molecular flexibility index (Phi) is 4.69. The number of H-pyrrole nitrogens is 1. The average molecular weight is 239 g/mol. The van der Waals surface area contributed by atoms with Gasteiger partial charge in [-0.3, -0.25) is 9.89 Å². The minimum absolute atomic E-state index is 0.0858. The predicted octanol–water partition coefficient (Wildman–Crippen LogP) is 0.702. The predicted molar refractivity (Wildman–Crippen MR) is 65.6 cm³/mol. The van der Waals surface area contributed by atoms with Crippen LogP contribution in [0.15, 0.2) is 0 Å². The van der Waals surface area contributed by atoms with Crippen LogP contribution >= 0.6 is 0 Å². The maximum absolute atomic E-state index is 11.7. The number of nitrogens with zero attached hydrogens (tertiary/aromatic N) is 1. The van der Waals surface area contributed by atoms with Crippen LogP contribution in [0, 0.1) is 19.8 Å². The summed E-state index contributed by atoms with van der Waals surface area (Å²) in [6, 6.07) is 0. The fraction of sp³-hybridized carbons (Fsp3) is 0.667. The third-order valence-electron chi connectivity index (χ3n) is 2.90. The van der Waals surface area contributed by atoms with Crippen molar-refractivity contribution in [3.8, 4) is 0 Å². The highest BCUT2D eigenvalue weighted by Crippen LogP contribution is 2.09. The zero-order valence-electron chi connectivity index (χ0n) is 10.9. The Morgan fingerprint density at radius 3 is 2.59 bits per heavy atom. The largest absolute Gasteiger partial charge is 0.391 e. The summed E-state index contributed by atoms with van der Waals surface area (Å²) >= 11 is 0. The molecule has 1 amide bonds. The maximum Gasteiger partial charge on any atom is 0.224 e. The van der Waals surface area contributed by atoms with Crippen molar-refractivity contribution in [3.63, 3.8) is 0 Å².